The second kappa shape index (κ2) is 12.2. The van der Waals surface area contributed by atoms with E-state index in [0.717, 1.165) is 28.5 Å². The molecule has 0 N–H and O–H groups in total. The molecular formula is C32H30ClN3O4S. The first-order chi connectivity index (χ1) is 19.9. The molecule has 1 aromatic heterocycles. The standard InChI is InChI=1S/C32H30ClN3O4S/c1-4-21-10-8-11-26-23(19-34(30(21)26)18-22-9-6-7-12-27(22)33)17-28-31(38)36(32(41)35(28)20-29(37)39-3)24-13-15-25(16-14-24)40-5-2/h6-17,19H,4-5,18,20H2,1-3H3/b28-17-. The number of aromatic nitrogens is 1. The van der Waals surface area contributed by atoms with Crippen LogP contribution in [0.2, 0.25) is 5.02 Å². The lowest BCUT2D eigenvalue weighted by Crippen LogP contribution is -2.35. The van der Waals surface area contributed by atoms with Crippen molar-refractivity contribution in [3.63, 3.8) is 0 Å². The molecule has 0 spiro atoms. The number of carbonyl (C=O) groups is 2. The van der Waals surface area contributed by atoms with E-state index in [2.05, 4.69) is 17.6 Å². The zero-order valence-electron chi connectivity index (χ0n) is 23.1. The number of aryl methyl sites for hydroxylation is 1. The number of esters is 1. The van der Waals surface area contributed by atoms with Gasteiger partial charge in [-0.3, -0.25) is 14.5 Å². The Labute approximate surface area is 249 Å². The second-order valence-corrected chi connectivity index (χ2v) is 10.3. The summed E-state index contributed by atoms with van der Waals surface area (Å²) in [6, 6.07) is 21.0. The van der Waals surface area contributed by atoms with Gasteiger partial charge in [-0.15, -0.1) is 0 Å². The molecule has 9 heteroatoms. The van der Waals surface area contributed by atoms with Gasteiger partial charge in [-0.05, 0) is 73.1 Å². The van der Waals surface area contributed by atoms with Crippen LogP contribution in [0.25, 0.3) is 17.0 Å². The van der Waals surface area contributed by atoms with Gasteiger partial charge in [-0.25, -0.2) is 0 Å². The summed E-state index contributed by atoms with van der Waals surface area (Å²) >= 11 is 12.3. The number of thiocarbonyl (C=S) groups is 1. The van der Waals surface area contributed by atoms with E-state index in [1.54, 1.807) is 30.3 Å². The maximum absolute atomic E-state index is 13.9. The molecule has 0 unspecified atom stereocenters. The van der Waals surface area contributed by atoms with Crippen LogP contribution >= 0.6 is 23.8 Å². The highest BCUT2D eigenvalue weighted by Gasteiger charge is 2.40. The number of nitrogens with zero attached hydrogens (tertiary/aromatic N) is 3. The monoisotopic (exact) mass is 587 g/mol. The van der Waals surface area contributed by atoms with Gasteiger partial charge in [-0.1, -0.05) is 54.9 Å². The Bertz CT molecular complexity index is 1660. The van der Waals surface area contributed by atoms with Crippen LogP contribution in [0.4, 0.5) is 5.69 Å². The summed E-state index contributed by atoms with van der Waals surface area (Å²) in [5.41, 5.74) is 4.93. The number of ether oxygens (including phenoxy) is 2. The maximum atomic E-state index is 13.9. The molecule has 3 aromatic carbocycles. The molecule has 41 heavy (non-hydrogen) atoms. The molecule has 0 saturated carbocycles. The van der Waals surface area contributed by atoms with Gasteiger partial charge >= 0.3 is 5.97 Å². The number of para-hydroxylation sites is 1. The Morgan fingerprint density at radius 2 is 1.73 bits per heavy atom. The van der Waals surface area contributed by atoms with Crippen molar-refractivity contribution in [3.05, 3.63) is 100 Å². The van der Waals surface area contributed by atoms with Gasteiger partial charge in [0.15, 0.2) is 5.11 Å². The predicted octanol–water partition coefficient (Wildman–Crippen LogP) is 6.45. The van der Waals surface area contributed by atoms with E-state index in [1.165, 1.54) is 22.5 Å². The number of anilines is 1. The number of methoxy groups -OCH3 is 1. The highest BCUT2D eigenvalue weighted by molar-refractivity contribution is 7.80. The molecule has 5 rings (SSSR count). The third-order valence-corrected chi connectivity index (χ3v) is 7.81. The molecule has 1 aliphatic rings. The average Bonchev–Trinajstić information content (AvgIpc) is 3.44. The predicted molar refractivity (Wildman–Crippen MR) is 166 cm³/mol. The molecule has 4 aromatic rings. The van der Waals surface area contributed by atoms with Crippen LogP contribution in [-0.2, 0) is 27.3 Å². The van der Waals surface area contributed by atoms with E-state index in [0.29, 0.717) is 29.6 Å². The number of rotatable bonds is 9. The van der Waals surface area contributed by atoms with Gasteiger partial charge in [0.1, 0.15) is 18.0 Å². The van der Waals surface area contributed by atoms with Crippen LogP contribution < -0.4 is 9.64 Å². The Balaban J connectivity index is 1.62. The number of hydrogen-bond donors (Lipinski definition) is 0. The van der Waals surface area contributed by atoms with Crippen LogP contribution in [0, 0.1) is 0 Å². The first kappa shape index (κ1) is 28.4. The Morgan fingerprint density at radius 3 is 2.41 bits per heavy atom. The van der Waals surface area contributed by atoms with E-state index in [-0.39, 0.29) is 23.3 Å². The highest BCUT2D eigenvalue weighted by Crippen LogP contribution is 2.34. The number of halogens is 1. The van der Waals surface area contributed by atoms with E-state index >= 15 is 0 Å². The lowest BCUT2D eigenvalue weighted by atomic mass is 10.1. The van der Waals surface area contributed by atoms with Crippen LogP contribution in [-0.4, -0.2) is 46.7 Å². The molecule has 1 amide bonds. The topological polar surface area (TPSA) is 64.0 Å². The first-order valence-corrected chi connectivity index (χ1v) is 14.2. The summed E-state index contributed by atoms with van der Waals surface area (Å²) in [6.45, 7) is 4.92. The van der Waals surface area contributed by atoms with Crippen LogP contribution in [0.1, 0.15) is 30.5 Å². The van der Waals surface area contributed by atoms with Crippen molar-refractivity contribution >= 4 is 63.5 Å². The number of amides is 1. The summed E-state index contributed by atoms with van der Waals surface area (Å²) in [6.07, 6.45) is 4.66. The van der Waals surface area contributed by atoms with Gasteiger partial charge in [-0.2, -0.15) is 0 Å². The fourth-order valence-corrected chi connectivity index (χ4v) is 5.61. The average molecular weight is 588 g/mol. The van der Waals surface area contributed by atoms with E-state index in [4.69, 9.17) is 33.3 Å². The quantitative estimate of drug-likeness (QED) is 0.127. The molecule has 2 heterocycles. The minimum Gasteiger partial charge on any atom is -0.494 e. The number of carbonyl (C=O) groups excluding carboxylic acids is 2. The van der Waals surface area contributed by atoms with Gasteiger partial charge in [0.05, 0.1) is 24.9 Å². The lowest BCUT2D eigenvalue weighted by Gasteiger charge is -2.19. The summed E-state index contributed by atoms with van der Waals surface area (Å²) < 4.78 is 12.6. The Morgan fingerprint density at radius 1 is 1.00 bits per heavy atom. The van der Waals surface area contributed by atoms with Crippen molar-refractivity contribution in [3.8, 4) is 5.75 Å². The largest absolute Gasteiger partial charge is 0.494 e. The van der Waals surface area contributed by atoms with E-state index in [1.807, 2.05) is 49.5 Å². The van der Waals surface area contributed by atoms with Crippen molar-refractivity contribution in [2.24, 2.45) is 0 Å². The smallest absolute Gasteiger partial charge is 0.325 e. The second-order valence-electron chi connectivity index (χ2n) is 9.51. The number of hydrogen-bond acceptors (Lipinski definition) is 5. The van der Waals surface area contributed by atoms with E-state index < -0.39 is 5.97 Å². The first-order valence-electron chi connectivity index (χ1n) is 13.4. The summed E-state index contributed by atoms with van der Waals surface area (Å²) in [5, 5.41) is 1.87. The fourth-order valence-electron chi connectivity index (χ4n) is 5.06. The molecule has 1 saturated heterocycles. The number of fused-ring (bicyclic) bond motifs is 1. The summed E-state index contributed by atoms with van der Waals surface area (Å²) in [4.78, 5) is 29.3. The molecule has 210 valence electrons. The highest BCUT2D eigenvalue weighted by atomic mass is 35.5. The molecule has 1 aliphatic heterocycles. The van der Waals surface area contributed by atoms with Gasteiger partial charge in [0.25, 0.3) is 5.91 Å². The zero-order chi connectivity index (χ0) is 29.1. The Hall–Kier alpha value is -4.14. The molecule has 7 nitrogen and oxygen atoms in total. The van der Waals surface area contributed by atoms with Crippen molar-refractivity contribution in [1.82, 2.24) is 9.47 Å². The van der Waals surface area contributed by atoms with Crippen molar-refractivity contribution in [1.29, 1.82) is 0 Å². The molecular weight excluding hydrogens is 558 g/mol. The zero-order valence-corrected chi connectivity index (χ0v) is 24.7. The van der Waals surface area contributed by atoms with Gasteiger partial charge in [0, 0.05) is 28.7 Å². The molecule has 0 aliphatic carbocycles. The van der Waals surface area contributed by atoms with E-state index in [9.17, 15) is 9.59 Å². The lowest BCUT2D eigenvalue weighted by molar-refractivity contribution is -0.140. The fraction of sp³-hybridized carbons (Fsp3) is 0.219. The molecule has 1 fully saturated rings. The SMILES string of the molecule is CCOc1ccc(N2C(=O)/C(=C/c3cn(Cc4ccccc4Cl)c4c(CC)cccc34)N(CC(=O)OC)C2=S)cc1. The van der Waals surface area contributed by atoms with Crippen LogP contribution in [0.15, 0.2) is 78.6 Å². The normalized spacial score (nSPS) is 14.4. The van der Waals surface area contributed by atoms with Crippen LogP contribution in [0.5, 0.6) is 5.75 Å². The third kappa shape index (κ3) is 5.58. The number of benzene rings is 3. The summed E-state index contributed by atoms with van der Waals surface area (Å²) in [5.74, 6) is -0.148. The third-order valence-electron chi connectivity index (χ3n) is 7.04. The molecule has 0 bridgehead atoms. The Kier molecular flexibility index (Phi) is 8.42. The van der Waals surface area contributed by atoms with Crippen molar-refractivity contribution in [2.45, 2.75) is 26.8 Å². The van der Waals surface area contributed by atoms with Crippen LogP contribution in [0.3, 0.4) is 0 Å². The molecule has 0 atom stereocenters. The maximum Gasteiger partial charge on any atom is 0.325 e. The van der Waals surface area contributed by atoms with Crippen molar-refractivity contribution < 1.29 is 19.1 Å². The van der Waals surface area contributed by atoms with Gasteiger partial charge < -0.3 is 18.9 Å². The van der Waals surface area contributed by atoms with Crippen molar-refractivity contribution in [2.75, 3.05) is 25.2 Å². The minimum absolute atomic E-state index is 0.196. The summed E-state index contributed by atoms with van der Waals surface area (Å²) in [7, 11) is 1.31. The van der Waals surface area contributed by atoms with Gasteiger partial charge in [0.2, 0.25) is 0 Å². The molecule has 0 radical (unpaired) electrons. The minimum atomic E-state index is -0.506.